The predicted molar refractivity (Wildman–Crippen MR) is 39.4 cm³/mol. The van der Waals surface area contributed by atoms with Gasteiger partial charge in [-0.25, -0.2) is 13.9 Å². The van der Waals surface area contributed by atoms with E-state index in [1.807, 2.05) is 0 Å². The van der Waals surface area contributed by atoms with Crippen LogP contribution in [0.25, 0.3) is 0 Å². The van der Waals surface area contributed by atoms with Crippen molar-refractivity contribution in [3.63, 3.8) is 0 Å². The topological polar surface area (TPSA) is 94.9 Å². The Kier molecular flexibility index (Phi) is 3.57. The molecule has 0 unspecified atom stereocenters. The number of aliphatic carboxylic acids is 1. The number of aliphatic hydroxyl groups excluding tert-OH is 1. The highest BCUT2D eigenvalue weighted by molar-refractivity contribution is 7.34. The van der Waals surface area contributed by atoms with Crippen molar-refractivity contribution in [2.45, 2.75) is 5.28 Å². The molecule has 0 fully saturated rings. The van der Waals surface area contributed by atoms with Crippen LogP contribution in [0.4, 0.5) is 0 Å². The summed E-state index contributed by atoms with van der Waals surface area (Å²) < 4.78 is 21.2. The molecule has 7 heteroatoms. The van der Waals surface area contributed by atoms with Crippen LogP contribution < -0.4 is 0 Å². The number of aliphatic hydroxyl groups is 1. The van der Waals surface area contributed by atoms with Gasteiger partial charge < -0.3 is 10.2 Å². The van der Waals surface area contributed by atoms with Crippen molar-refractivity contribution in [3.05, 3.63) is 0 Å². The van der Waals surface area contributed by atoms with E-state index < -0.39 is 25.5 Å². The Labute approximate surface area is 69.6 Å². The third-order valence-electron chi connectivity index (χ3n) is 1.60. The van der Waals surface area contributed by atoms with Crippen LogP contribution in [-0.4, -0.2) is 47.1 Å². The lowest BCUT2D eigenvalue weighted by Gasteiger charge is -2.25. The molecule has 0 radical (unpaired) electrons. The summed E-state index contributed by atoms with van der Waals surface area (Å²) in [5.74, 6) is -1.58. The molecule has 70 valence electrons. The Morgan fingerprint density at radius 2 is 1.92 bits per heavy atom. The van der Waals surface area contributed by atoms with E-state index in [-0.39, 0.29) is 0 Å². The quantitative estimate of drug-likeness (QED) is 0.587. The molecule has 0 heterocycles. The highest BCUT2D eigenvalue weighted by Crippen LogP contribution is 2.30. The van der Waals surface area contributed by atoms with Crippen LogP contribution >= 0.6 is 7.68 Å². The normalized spacial score (nSPS) is 15.7. The van der Waals surface area contributed by atoms with Gasteiger partial charge in [-0.2, -0.15) is 0 Å². The van der Waals surface area contributed by atoms with Gasteiger partial charge in [0.15, 0.2) is 0 Å². The highest BCUT2D eigenvalue weighted by Gasteiger charge is 2.47. The monoisotopic (exact) mass is 195 g/mol. The summed E-state index contributed by atoms with van der Waals surface area (Å²) in [6.07, 6.45) is 0. The van der Waals surface area contributed by atoms with Gasteiger partial charge in [-0.15, -0.1) is 0 Å². The van der Waals surface area contributed by atoms with E-state index in [0.717, 1.165) is 4.90 Å². The minimum Gasteiger partial charge on any atom is -0.479 e. The second kappa shape index (κ2) is 3.80. The number of carboxylic acid groups (broad SMARTS) is 1. The van der Waals surface area contributed by atoms with Gasteiger partial charge in [0.25, 0.3) is 5.28 Å². The minimum absolute atomic E-state index is 0.945. The Balaban J connectivity index is 5.19. The smallest absolute Gasteiger partial charge is 0.350 e. The van der Waals surface area contributed by atoms with Gasteiger partial charge in [-0.05, 0) is 14.1 Å². The Morgan fingerprint density at radius 3 is 1.92 bits per heavy atom. The SMILES string of the molecule is CN(C)[C@@](CO)(C(=O)O)P(=O)=O. The van der Waals surface area contributed by atoms with Crippen molar-refractivity contribution in [2.24, 2.45) is 0 Å². The fourth-order valence-electron chi connectivity index (χ4n) is 0.699. The molecular weight excluding hydrogens is 185 g/mol. The van der Waals surface area contributed by atoms with Gasteiger partial charge in [-0.3, -0.25) is 4.90 Å². The van der Waals surface area contributed by atoms with E-state index in [1.54, 1.807) is 0 Å². The number of hydrogen-bond donors (Lipinski definition) is 2. The molecule has 0 spiro atoms. The number of carbonyl (C=O) groups is 1. The van der Waals surface area contributed by atoms with Crippen molar-refractivity contribution in [1.29, 1.82) is 0 Å². The standard InChI is InChI=1S/C5H10NO5P/c1-6(2)5(3-7,4(8)9)12(10)11/h7H,3H2,1-2H3,(H,8,9)/t5-/m1/s1. The average Bonchev–Trinajstić information content (AvgIpc) is 1.86. The number of nitrogens with zero attached hydrogens (tertiary/aromatic N) is 1. The summed E-state index contributed by atoms with van der Waals surface area (Å²) >= 11 is 0. The second-order valence-electron chi connectivity index (χ2n) is 2.43. The molecule has 2 N–H and O–H groups in total. The first-order valence-electron chi connectivity index (χ1n) is 3.05. The maximum absolute atomic E-state index is 10.6. The fourth-order valence-corrected chi connectivity index (χ4v) is 1.30. The Hall–Kier alpha value is -0.710. The lowest BCUT2D eigenvalue weighted by molar-refractivity contribution is -0.146. The summed E-state index contributed by atoms with van der Waals surface area (Å²) in [6.45, 7) is -0.964. The van der Waals surface area contributed by atoms with E-state index in [1.165, 1.54) is 14.1 Å². The van der Waals surface area contributed by atoms with Crippen LogP contribution in [0.5, 0.6) is 0 Å². The van der Waals surface area contributed by atoms with Gasteiger partial charge in [0.05, 0.1) is 6.61 Å². The van der Waals surface area contributed by atoms with Crippen molar-refractivity contribution < 1.29 is 24.1 Å². The van der Waals surface area contributed by atoms with Gasteiger partial charge in [-0.1, -0.05) is 0 Å². The molecule has 0 amide bonds. The molecule has 0 saturated carbocycles. The van der Waals surface area contributed by atoms with Gasteiger partial charge in [0, 0.05) is 0 Å². The largest absolute Gasteiger partial charge is 0.479 e. The first-order valence-corrected chi connectivity index (χ1v) is 4.23. The molecule has 0 aliphatic heterocycles. The lowest BCUT2D eigenvalue weighted by atomic mass is 10.3. The van der Waals surface area contributed by atoms with E-state index in [4.69, 9.17) is 10.2 Å². The van der Waals surface area contributed by atoms with Crippen molar-refractivity contribution in [1.82, 2.24) is 4.90 Å². The zero-order valence-electron chi connectivity index (χ0n) is 6.72. The van der Waals surface area contributed by atoms with Gasteiger partial charge >= 0.3 is 13.6 Å². The number of rotatable bonds is 4. The van der Waals surface area contributed by atoms with Crippen LogP contribution in [0.3, 0.4) is 0 Å². The summed E-state index contributed by atoms with van der Waals surface area (Å²) in [7, 11) is -0.704. The molecule has 0 saturated heterocycles. The van der Waals surface area contributed by atoms with Crippen molar-refractivity contribution >= 4 is 13.6 Å². The van der Waals surface area contributed by atoms with Gasteiger partial charge in [0.1, 0.15) is 0 Å². The van der Waals surface area contributed by atoms with Crippen LogP contribution in [0.2, 0.25) is 0 Å². The Bertz CT molecular complexity index is 240. The second-order valence-corrected chi connectivity index (χ2v) is 3.69. The fraction of sp³-hybridized carbons (Fsp3) is 0.800. The van der Waals surface area contributed by atoms with E-state index >= 15 is 0 Å². The van der Waals surface area contributed by atoms with E-state index in [0.29, 0.717) is 0 Å². The molecular formula is C5H10NO5P. The molecule has 0 aliphatic rings. The summed E-state index contributed by atoms with van der Waals surface area (Å²) in [6, 6.07) is 0. The van der Waals surface area contributed by atoms with E-state index in [2.05, 4.69) is 0 Å². The maximum atomic E-state index is 10.6. The van der Waals surface area contributed by atoms with Crippen LogP contribution in [0.15, 0.2) is 0 Å². The number of carboxylic acids is 1. The van der Waals surface area contributed by atoms with Crippen molar-refractivity contribution in [3.8, 4) is 0 Å². The number of likely N-dealkylation sites (N-methyl/N-ethyl adjacent to an activating group) is 1. The van der Waals surface area contributed by atoms with Gasteiger partial charge in [0.2, 0.25) is 0 Å². The first-order chi connectivity index (χ1) is 5.39. The first kappa shape index (κ1) is 11.3. The summed E-state index contributed by atoms with van der Waals surface area (Å²) in [5, 5.41) is 15.1. The van der Waals surface area contributed by atoms with Crippen LogP contribution in [0, 0.1) is 0 Å². The lowest BCUT2D eigenvalue weighted by Crippen LogP contribution is -2.50. The molecule has 0 aliphatic carbocycles. The molecule has 0 aromatic rings. The summed E-state index contributed by atoms with van der Waals surface area (Å²) in [4.78, 5) is 11.5. The highest BCUT2D eigenvalue weighted by atomic mass is 31.1. The molecule has 6 nitrogen and oxygen atoms in total. The van der Waals surface area contributed by atoms with Crippen LogP contribution in [0.1, 0.15) is 0 Å². The Morgan fingerprint density at radius 1 is 1.50 bits per heavy atom. The van der Waals surface area contributed by atoms with Crippen LogP contribution in [-0.2, 0) is 13.9 Å². The maximum Gasteiger partial charge on any atom is 0.350 e. The molecule has 12 heavy (non-hydrogen) atoms. The molecule has 0 rings (SSSR count). The third kappa shape index (κ3) is 1.55. The zero-order valence-corrected chi connectivity index (χ0v) is 7.62. The predicted octanol–water partition coefficient (Wildman–Crippen LogP) is -0.506. The summed E-state index contributed by atoms with van der Waals surface area (Å²) in [5.41, 5.74) is 0. The zero-order chi connectivity index (χ0) is 9.94. The number of hydrogen-bond acceptors (Lipinski definition) is 5. The molecule has 0 bridgehead atoms. The minimum atomic E-state index is -3.25. The van der Waals surface area contributed by atoms with E-state index in [9.17, 15) is 13.9 Å². The molecule has 0 aromatic carbocycles. The van der Waals surface area contributed by atoms with Crippen molar-refractivity contribution in [2.75, 3.05) is 20.7 Å². The molecule has 0 aromatic heterocycles. The molecule has 1 atom stereocenters. The third-order valence-corrected chi connectivity index (χ3v) is 2.94. The average molecular weight is 195 g/mol.